The maximum Gasteiger partial charge on any atom is 0.304 e. The van der Waals surface area contributed by atoms with E-state index >= 15 is 0 Å². The zero-order valence-corrected chi connectivity index (χ0v) is 11.8. The maximum atomic E-state index is 14.1. The number of ether oxygens (including phenoxy) is 1. The van der Waals surface area contributed by atoms with Crippen LogP contribution in [0, 0.1) is 5.82 Å². The molecule has 0 aromatic heterocycles. The Balaban J connectivity index is 3.47. The van der Waals surface area contributed by atoms with E-state index in [-0.39, 0.29) is 28.0 Å². The quantitative estimate of drug-likeness (QED) is 0.894. The number of carboxylic acids is 1. The van der Waals surface area contributed by atoms with Crippen molar-refractivity contribution in [3.63, 3.8) is 0 Å². The molecule has 4 nitrogen and oxygen atoms in total. The van der Waals surface area contributed by atoms with E-state index in [1.165, 1.54) is 13.2 Å². The second-order valence-corrected chi connectivity index (χ2v) is 5.41. The number of halogens is 2. The highest BCUT2D eigenvalue weighted by atomic mass is 79.9. The lowest BCUT2D eigenvalue weighted by Crippen LogP contribution is -2.23. The van der Waals surface area contributed by atoms with E-state index in [0.29, 0.717) is 0 Å². The Bertz CT molecular complexity index is 485. The number of hydrogen-bond acceptors (Lipinski definition) is 3. The Morgan fingerprint density at radius 2 is 2.11 bits per heavy atom. The van der Waals surface area contributed by atoms with Gasteiger partial charge in [0.1, 0.15) is 5.82 Å². The minimum Gasteiger partial charge on any atom is -0.504 e. The average Bonchev–Trinajstić information content (AvgIpc) is 2.21. The molecule has 0 bridgehead atoms. The van der Waals surface area contributed by atoms with Gasteiger partial charge in [0.2, 0.25) is 0 Å². The van der Waals surface area contributed by atoms with Crippen LogP contribution in [-0.4, -0.2) is 23.3 Å². The molecule has 0 heterocycles. The van der Waals surface area contributed by atoms with Gasteiger partial charge in [0, 0.05) is 17.0 Å². The minimum atomic E-state index is -1.07. The summed E-state index contributed by atoms with van der Waals surface area (Å²) in [6, 6.07) is 1.30. The van der Waals surface area contributed by atoms with Gasteiger partial charge in [0.25, 0.3) is 0 Å². The van der Waals surface area contributed by atoms with E-state index < -0.39 is 17.2 Å². The van der Waals surface area contributed by atoms with Crippen LogP contribution in [0.2, 0.25) is 0 Å². The van der Waals surface area contributed by atoms with Crippen molar-refractivity contribution in [3.05, 3.63) is 21.9 Å². The van der Waals surface area contributed by atoms with Crippen molar-refractivity contribution < 1.29 is 24.1 Å². The third-order valence-corrected chi connectivity index (χ3v) is 3.22. The van der Waals surface area contributed by atoms with Gasteiger partial charge >= 0.3 is 5.97 Å². The van der Waals surface area contributed by atoms with Crippen molar-refractivity contribution in [2.24, 2.45) is 0 Å². The second kappa shape index (κ2) is 5.14. The van der Waals surface area contributed by atoms with E-state index in [1.807, 2.05) is 0 Å². The number of aromatic hydroxyl groups is 1. The highest BCUT2D eigenvalue weighted by molar-refractivity contribution is 9.10. The van der Waals surface area contributed by atoms with Crippen LogP contribution >= 0.6 is 15.9 Å². The van der Waals surface area contributed by atoms with Crippen molar-refractivity contribution >= 4 is 21.9 Å². The fraction of sp³-hybridized carbons (Fsp3) is 0.417. The van der Waals surface area contributed by atoms with Crippen LogP contribution in [0.5, 0.6) is 11.5 Å². The van der Waals surface area contributed by atoms with Crippen molar-refractivity contribution in [3.8, 4) is 11.5 Å². The van der Waals surface area contributed by atoms with Crippen molar-refractivity contribution in [2.75, 3.05) is 7.11 Å². The molecule has 0 aliphatic rings. The molecule has 0 amide bonds. The van der Waals surface area contributed by atoms with Gasteiger partial charge in [-0.2, -0.15) is 0 Å². The Labute approximate surface area is 113 Å². The smallest absolute Gasteiger partial charge is 0.304 e. The number of carbonyl (C=O) groups is 1. The minimum absolute atomic E-state index is 0.0730. The zero-order chi connectivity index (χ0) is 14.1. The molecule has 2 N–H and O–H groups in total. The Morgan fingerprint density at radius 3 is 2.56 bits per heavy atom. The molecule has 100 valence electrons. The lowest BCUT2D eigenvalue weighted by atomic mass is 9.80. The van der Waals surface area contributed by atoms with E-state index in [9.17, 15) is 14.3 Å². The van der Waals surface area contributed by atoms with E-state index in [2.05, 4.69) is 15.9 Å². The molecule has 0 saturated heterocycles. The third kappa shape index (κ3) is 2.75. The monoisotopic (exact) mass is 320 g/mol. The first-order valence-corrected chi connectivity index (χ1v) is 5.97. The van der Waals surface area contributed by atoms with Gasteiger partial charge in [0.15, 0.2) is 11.5 Å². The fourth-order valence-electron chi connectivity index (χ4n) is 1.83. The molecule has 1 aromatic rings. The summed E-state index contributed by atoms with van der Waals surface area (Å²) in [4.78, 5) is 10.8. The normalized spacial score (nSPS) is 11.4. The largest absolute Gasteiger partial charge is 0.504 e. The van der Waals surface area contributed by atoms with Crippen molar-refractivity contribution in [1.82, 2.24) is 0 Å². The summed E-state index contributed by atoms with van der Waals surface area (Å²) in [5, 5.41) is 18.8. The molecule has 0 saturated carbocycles. The standard InChI is InChI=1S/C12H14BrFO4/c1-12(2,5-8(15)16)9-10(14)6(13)4-7(18-3)11(9)17/h4,17H,5H2,1-3H3,(H,15,16). The molecule has 1 rings (SSSR count). The molecule has 0 radical (unpaired) electrons. The van der Waals surface area contributed by atoms with Gasteiger partial charge in [-0.3, -0.25) is 4.79 Å². The molecule has 0 unspecified atom stereocenters. The molecule has 0 aliphatic carbocycles. The maximum absolute atomic E-state index is 14.1. The Morgan fingerprint density at radius 1 is 1.56 bits per heavy atom. The van der Waals surface area contributed by atoms with Gasteiger partial charge in [-0.25, -0.2) is 4.39 Å². The van der Waals surface area contributed by atoms with Crippen LogP contribution in [0.25, 0.3) is 0 Å². The first-order chi connectivity index (χ1) is 8.20. The number of benzene rings is 1. The van der Waals surface area contributed by atoms with Crippen LogP contribution in [0.4, 0.5) is 4.39 Å². The SMILES string of the molecule is COc1cc(Br)c(F)c(C(C)(C)CC(=O)O)c1O. The van der Waals surface area contributed by atoms with E-state index in [0.717, 1.165) is 0 Å². The Hall–Kier alpha value is -1.30. The van der Waals surface area contributed by atoms with Crippen LogP contribution in [0.3, 0.4) is 0 Å². The van der Waals surface area contributed by atoms with Gasteiger partial charge in [0.05, 0.1) is 18.0 Å². The highest BCUT2D eigenvalue weighted by Crippen LogP contribution is 2.43. The fourth-order valence-corrected chi connectivity index (χ4v) is 2.24. The number of hydrogen-bond donors (Lipinski definition) is 2. The molecule has 0 fully saturated rings. The molecule has 0 atom stereocenters. The Kier molecular flexibility index (Phi) is 4.21. The number of phenols is 1. The predicted molar refractivity (Wildman–Crippen MR) is 67.6 cm³/mol. The average molecular weight is 321 g/mol. The van der Waals surface area contributed by atoms with Crippen LogP contribution in [0.15, 0.2) is 10.5 Å². The lowest BCUT2D eigenvalue weighted by molar-refractivity contribution is -0.138. The predicted octanol–water partition coefficient (Wildman–Crippen LogP) is 3.05. The summed E-state index contributed by atoms with van der Waals surface area (Å²) < 4.78 is 19.1. The number of carboxylic acid groups (broad SMARTS) is 1. The molecule has 6 heteroatoms. The summed E-state index contributed by atoms with van der Waals surface area (Å²) in [6.45, 7) is 3.09. The molecule has 18 heavy (non-hydrogen) atoms. The number of phenolic OH excluding ortho intramolecular Hbond substituents is 1. The van der Waals surface area contributed by atoms with Gasteiger partial charge < -0.3 is 14.9 Å². The van der Waals surface area contributed by atoms with Crippen molar-refractivity contribution in [1.29, 1.82) is 0 Å². The first-order valence-electron chi connectivity index (χ1n) is 5.18. The van der Waals surface area contributed by atoms with Crippen LogP contribution < -0.4 is 4.74 Å². The van der Waals surface area contributed by atoms with Crippen molar-refractivity contribution in [2.45, 2.75) is 25.7 Å². The van der Waals surface area contributed by atoms with Crippen LogP contribution in [-0.2, 0) is 10.2 Å². The summed E-state index contributed by atoms with van der Waals surface area (Å²) in [6.07, 6.45) is -0.308. The molecular formula is C12H14BrFO4. The summed E-state index contributed by atoms with van der Waals surface area (Å²) in [5.74, 6) is -2.03. The van der Waals surface area contributed by atoms with E-state index in [1.54, 1.807) is 13.8 Å². The van der Waals surface area contributed by atoms with Crippen LogP contribution in [0.1, 0.15) is 25.8 Å². The summed E-state index contributed by atoms with van der Waals surface area (Å²) >= 11 is 3.02. The molecule has 0 spiro atoms. The zero-order valence-electron chi connectivity index (χ0n) is 10.3. The molecular weight excluding hydrogens is 307 g/mol. The summed E-state index contributed by atoms with van der Waals surface area (Å²) in [7, 11) is 1.34. The number of aliphatic carboxylic acids is 1. The molecule has 1 aromatic carbocycles. The van der Waals surface area contributed by atoms with Gasteiger partial charge in [-0.05, 0) is 15.9 Å². The topological polar surface area (TPSA) is 66.8 Å². The number of methoxy groups -OCH3 is 1. The van der Waals surface area contributed by atoms with E-state index in [4.69, 9.17) is 9.84 Å². The second-order valence-electron chi connectivity index (χ2n) is 4.55. The lowest BCUT2D eigenvalue weighted by Gasteiger charge is -2.26. The highest BCUT2D eigenvalue weighted by Gasteiger charge is 2.33. The van der Waals surface area contributed by atoms with Gasteiger partial charge in [-0.15, -0.1) is 0 Å². The first kappa shape index (κ1) is 14.8. The summed E-state index contributed by atoms with van der Waals surface area (Å²) in [5.41, 5.74) is -1.13. The number of rotatable bonds is 4. The van der Waals surface area contributed by atoms with Gasteiger partial charge in [-0.1, -0.05) is 13.8 Å². The third-order valence-electron chi connectivity index (χ3n) is 2.65. The molecule has 0 aliphatic heterocycles.